The second-order valence-electron chi connectivity index (χ2n) is 3.61. The lowest BCUT2D eigenvalue weighted by atomic mass is 10.4. The van der Waals surface area contributed by atoms with Gasteiger partial charge in [0.2, 0.25) is 11.2 Å². The van der Waals surface area contributed by atoms with Crippen LogP contribution in [-0.2, 0) is 6.54 Å². The first-order chi connectivity index (χ1) is 9.31. The molecule has 0 saturated heterocycles. The highest BCUT2D eigenvalue weighted by Crippen LogP contribution is 2.09. The van der Waals surface area contributed by atoms with E-state index in [-0.39, 0.29) is 5.28 Å². The second kappa shape index (κ2) is 5.02. The Hall–Kier alpha value is -2.48. The van der Waals surface area contributed by atoms with Crippen LogP contribution in [-0.4, -0.2) is 34.9 Å². The Morgan fingerprint density at radius 1 is 1.26 bits per heavy atom. The number of hydrogen-bond donors (Lipinski definition) is 2. The minimum Gasteiger partial charge on any atom is -0.348 e. The van der Waals surface area contributed by atoms with Crippen molar-refractivity contribution in [1.29, 1.82) is 0 Å². The van der Waals surface area contributed by atoms with E-state index in [1.807, 2.05) is 6.07 Å². The molecule has 0 spiro atoms. The van der Waals surface area contributed by atoms with E-state index in [1.54, 1.807) is 24.7 Å². The normalized spacial score (nSPS) is 10.6. The number of anilines is 1. The molecular weight excluding hydrogens is 268 g/mol. The van der Waals surface area contributed by atoms with Crippen LogP contribution >= 0.6 is 11.6 Å². The average Bonchev–Trinajstić information content (AvgIpc) is 3.09. The molecule has 0 aliphatic rings. The van der Waals surface area contributed by atoms with E-state index in [4.69, 9.17) is 11.6 Å². The van der Waals surface area contributed by atoms with Crippen molar-refractivity contribution >= 4 is 17.5 Å². The Morgan fingerprint density at radius 3 is 2.95 bits per heavy atom. The number of halogens is 1. The van der Waals surface area contributed by atoms with Crippen molar-refractivity contribution in [3.8, 4) is 5.95 Å². The highest BCUT2D eigenvalue weighted by Gasteiger charge is 2.07. The van der Waals surface area contributed by atoms with E-state index in [9.17, 15) is 0 Å². The van der Waals surface area contributed by atoms with Crippen molar-refractivity contribution in [3.05, 3.63) is 41.7 Å². The summed E-state index contributed by atoms with van der Waals surface area (Å²) in [5.41, 5.74) is 0.914. The van der Waals surface area contributed by atoms with Crippen LogP contribution in [0.4, 0.5) is 5.95 Å². The number of H-pyrrole nitrogens is 1. The SMILES string of the molecule is Clc1nc(NCc2ccn[nH]2)nc(-n2cccn2)n1. The number of nitrogens with zero attached hydrogens (tertiary/aromatic N) is 6. The predicted octanol–water partition coefficient (Wildman–Crippen LogP) is 1.05. The van der Waals surface area contributed by atoms with Crippen LogP contribution < -0.4 is 5.32 Å². The molecule has 2 N–H and O–H groups in total. The van der Waals surface area contributed by atoms with Gasteiger partial charge in [0, 0.05) is 18.6 Å². The van der Waals surface area contributed by atoms with Crippen LogP contribution in [0.1, 0.15) is 5.69 Å². The topological polar surface area (TPSA) is 97.2 Å². The van der Waals surface area contributed by atoms with E-state index in [0.29, 0.717) is 18.4 Å². The van der Waals surface area contributed by atoms with Gasteiger partial charge in [-0.2, -0.15) is 25.1 Å². The van der Waals surface area contributed by atoms with Gasteiger partial charge < -0.3 is 5.32 Å². The van der Waals surface area contributed by atoms with Crippen LogP contribution in [0.15, 0.2) is 30.7 Å². The summed E-state index contributed by atoms with van der Waals surface area (Å²) in [4.78, 5) is 12.2. The van der Waals surface area contributed by atoms with Crippen molar-refractivity contribution < 1.29 is 0 Å². The van der Waals surface area contributed by atoms with Gasteiger partial charge in [0.25, 0.3) is 5.95 Å². The number of rotatable bonds is 4. The fourth-order valence-corrected chi connectivity index (χ4v) is 1.62. The van der Waals surface area contributed by atoms with Gasteiger partial charge in [0.1, 0.15) is 0 Å². The third kappa shape index (κ3) is 2.68. The van der Waals surface area contributed by atoms with Gasteiger partial charge in [-0.15, -0.1) is 0 Å². The molecule has 3 aromatic rings. The highest BCUT2D eigenvalue weighted by atomic mass is 35.5. The molecule has 0 aromatic carbocycles. The Bertz CT molecular complexity index is 648. The van der Waals surface area contributed by atoms with E-state index in [0.717, 1.165) is 5.69 Å². The van der Waals surface area contributed by atoms with Crippen LogP contribution in [0.5, 0.6) is 0 Å². The average molecular weight is 277 g/mol. The smallest absolute Gasteiger partial charge is 0.256 e. The molecule has 0 amide bonds. The zero-order valence-corrected chi connectivity index (χ0v) is 10.4. The zero-order valence-electron chi connectivity index (χ0n) is 9.66. The third-order valence-electron chi connectivity index (χ3n) is 2.30. The lowest BCUT2D eigenvalue weighted by Gasteiger charge is -2.05. The minimum atomic E-state index is 0.104. The van der Waals surface area contributed by atoms with Crippen LogP contribution in [0.3, 0.4) is 0 Å². The molecule has 3 aromatic heterocycles. The Balaban J connectivity index is 1.82. The maximum Gasteiger partial charge on any atom is 0.256 e. The molecule has 3 heterocycles. The second-order valence-corrected chi connectivity index (χ2v) is 3.95. The standard InChI is InChI=1S/C10H9ClN8/c11-8-15-9(12-6-7-2-4-13-18-7)17-10(16-8)19-5-1-3-14-19/h1-5H,6H2,(H,13,18)(H,12,15,16,17). The number of nitrogens with one attached hydrogen (secondary N) is 2. The van der Waals surface area contributed by atoms with Gasteiger partial charge in [-0.05, 0) is 23.7 Å². The molecule has 0 aliphatic heterocycles. The van der Waals surface area contributed by atoms with Gasteiger partial charge in [0.05, 0.1) is 12.2 Å². The molecule has 0 bridgehead atoms. The van der Waals surface area contributed by atoms with Gasteiger partial charge in [-0.3, -0.25) is 5.10 Å². The lowest BCUT2D eigenvalue weighted by molar-refractivity contribution is 0.794. The zero-order chi connectivity index (χ0) is 13.1. The van der Waals surface area contributed by atoms with Gasteiger partial charge in [0.15, 0.2) is 0 Å². The van der Waals surface area contributed by atoms with Crippen molar-refractivity contribution in [2.24, 2.45) is 0 Å². The van der Waals surface area contributed by atoms with Crippen molar-refractivity contribution in [3.63, 3.8) is 0 Å². The fraction of sp³-hybridized carbons (Fsp3) is 0.100. The molecule has 96 valence electrons. The summed E-state index contributed by atoms with van der Waals surface area (Å²) in [5, 5.41) is 13.9. The van der Waals surface area contributed by atoms with Gasteiger partial charge in [-0.25, -0.2) is 4.68 Å². The summed E-state index contributed by atoms with van der Waals surface area (Å²) < 4.78 is 1.51. The summed E-state index contributed by atoms with van der Waals surface area (Å²) >= 11 is 5.86. The molecule has 0 unspecified atom stereocenters. The molecule has 9 heteroatoms. The third-order valence-corrected chi connectivity index (χ3v) is 2.47. The van der Waals surface area contributed by atoms with E-state index in [2.05, 4.69) is 35.6 Å². The van der Waals surface area contributed by atoms with Crippen molar-refractivity contribution in [2.45, 2.75) is 6.54 Å². The first kappa shape index (κ1) is 11.6. The fourth-order valence-electron chi connectivity index (χ4n) is 1.47. The lowest BCUT2D eigenvalue weighted by Crippen LogP contribution is -2.09. The molecular formula is C10H9ClN8. The van der Waals surface area contributed by atoms with E-state index in [1.165, 1.54) is 4.68 Å². The quantitative estimate of drug-likeness (QED) is 0.739. The summed E-state index contributed by atoms with van der Waals surface area (Å²) in [6.45, 7) is 0.513. The maximum absolute atomic E-state index is 5.86. The van der Waals surface area contributed by atoms with Crippen molar-refractivity contribution in [2.75, 3.05) is 5.32 Å². The van der Waals surface area contributed by atoms with Crippen molar-refractivity contribution in [1.82, 2.24) is 34.9 Å². The van der Waals surface area contributed by atoms with E-state index >= 15 is 0 Å². The minimum absolute atomic E-state index is 0.104. The number of hydrogen-bond acceptors (Lipinski definition) is 6. The largest absolute Gasteiger partial charge is 0.348 e. The number of aromatic amines is 1. The predicted molar refractivity (Wildman–Crippen MR) is 67.9 cm³/mol. The Labute approximate surface area is 112 Å². The van der Waals surface area contributed by atoms with Crippen LogP contribution in [0.25, 0.3) is 5.95 Å². The van der Waals surface area contributed by atoms with Gasteiger partial charge in [-0.1, -0.05) is 0 Å². The van der Waals surface area contributed by atoms with Crippen LogP contribution in [0.2, 0.25) is 5.28 Å². The highest BCUT2D eigenvalue weighted by molar-refractivity contribution is 6.28. The summed E-state index contributed by atoms with van der Waals surface area (Å²) in [7, 11) is 0. The Morgan fingerprint density at radius 2 is 2.21 bits per heavy atom. The molecule has 0 fully saturated rings. The summed E-state index contributed by atoms with van der Waals surface area (Å²) in [5.74, 6) is 0.734. The monoisotopic (exact) mass is 276 g/mol. The molecule has 0 saturated carbocycles. The molecule has 0 atom stereocenters. The molecule has 19 heavy (non-hydrogen) atoms. The molecule has 0 aliphatic carbocycles. The summed E-state index contributed by atoms with van der Waals surface area (Å²) in [6, 6.07) is 3.62. The Kier molecular flexibility index (Phi) is 3.07. The van der Waals surface area contributed by atoms with E-state index < -0.39 is 0 Å². The van der Waals surface area contributed by atoms with Crippen LogP contribution in [0, 0.1) is 0 Å². The molecule has 8 nitrogen and oxygen atoms in total. The first-order valence-corrected chi connectivity index (χ1v) is 5.83. The first-order valence-electron chi connectivity index (χ1n) is 5.45. The maximum atomic E-state index is 5.86. The molecule has 3 rings (SSSR count). The summed E-state index contributed by atoms with van der Waals surface area (Å²) in [6.07, 6.45) is 5.03. The van der Waals surface area contributed by atoms with Gasteiger partial charge >= 0.3 is 0 Å². The number of aromatic nitrogens is 7. The molecule has 0 radical (unpaired) electrons.